The molecule has 2 unspecified atom stereocenters. The first-order valence-electron chi connectivity index (χ1n) is 6.97. The third-order valence-electron chi connectivity index (χ3n) is 4.26. The summed E-state index contributed by atoms with van der Waals surface area (Å²) in [5.74, 6) is -0.582. The highest BCUT2D eigenvalue weighted by molar-refractivity contribution is 5.78. The summed E-state index contributed by atoms with van der Waals surface area (Å²) < 4.78 is 38.6. The Morgan fingerprint density at radius 2 is 2.05 bits per heavy atom. The summed E-state index contributed by atoms with van der Waals surface area (Å²) in [6.45, 7) is 1.96. The van der Waals surface area contributed by atoms with E-state index in [2.05, 4.69) is 9.97 Å². The molecule has 0 saturated heterocycles. The predicted octanol–water partition coefficient (Wildman–Crippen LogP) is 4.71. The average Bonchev–Trinajstić information content (AvgIpc) is 2.83. The van der Waals surface area contributed by atoms with E-state index in [1.165, 1.54) is 0 Å². The van der Waals surface area contributed by atoms with Crippen LogP contribution < -0.4 is 0 Å². The molecular weight excluding hydrogens is 265 g/mol. The van der Waals surface area contributed by atoms with E-state index in [-0.39, 0.29) is 18.8 Å². The summed E-state index contributed by atoms with van der Waals surface area (Å²) in [6.07, 6.45) is -2.28. The van der Waals surface area contributed by atoms with Gasteiger partial charge in [-0.25, -0.2) is 4.98 Å². The Morgan fingerprint density at radius 1 is 1.25 bits per heavy atom. The molecule has 5 heteroatoms. The maximum atomic E-state index is 12.9. The van der Waals surface area contributed by atoms with Gasteiger partial charge < -0.3 is 4.98 Å². The van der Waals surface area contributed by atoms with E-state index in [0.29, 0.717) is 12.2 Å². The maximum Gasteiger partial charge on any atom is 0.391 e. The number of nitrogens with zero attached hydrogens (tertiary/aromatic N) is 1. The second-order valence-corrected chi connectivity index (χ2v) is 5.70. The minimum absolute atomic E-state index is 0.109. The van der Waals surface area contributed by atoms with Crippen molar-refractivity contribution in [3.05, 3.63) is 29.6 Å². The van der Waals surface area contributed by atoms with Crippen molar-refractivity contribution in [3.63, 3.8) is 0 Å². The zero-order chi connectivity index (χ0) is 14.3. The van der Waals surface area contributed by atoms with Crippen LogP contribution in [0.3, 0.4) is 0 Å². The molecule has 0 spiro atoms. The zero-order valence-corrected chi connectivity index (χ0v) is 11.3. The molecule has 2 aromatic rings. The first kappa shape index (κ1) is 13.5. The van der Waals surface area contributed by atoms with Gasteiger partial charge in [-0.05, 0) is 37.8 Å². The summed E-state index contributed by atoms with van der Waals surface area (Å²) in [5, 5.41) is 0. The maximum absolute atomic E-state index is 12.9. The van der Waals surface area contributed by atoms with Crippen LogP contribution in [0.4, 0.5) is 13.2 Å². The summed E-state index contributed by atoms with van der Waals surface area (Å²) in [6, 6.07) is 5.81. The second kappa shape index (κ2) is 4.79. The second-order valence-electron chi connectivity index (χ2n) is 5.70. The van der Waals surface area contributed by atoms with Crippen molar-refractivity contribution in [1.29, 1.82) is 0 Å². The molecule has 2 atom stereocenters. The Balaban J connectivity index is 1.89. The number of H-pyrrole nitrogens is 1. The summed E-state index contributed by atoms with van der Waals surface area (Å²) >= 11 is 0. The van der Waals surface area contributed by atoms with E-state index >= 15 is 0 Å². The Labute approximate surface area is 115 Å². The molecule has 1 saturated carbocycles. The first-order valence-corrected chi connectivity index (χ1v) is 6.97. The molecular formula is C15H17F3N2. The monoisotopic (exact) mass is 282 g/mol. The molecule has 1 N–H and O–H groups in total. The largest absolute Gasteiger partial charge is 0.391 e. The molecule has 0 amide bonds. The van der Waals surface area contributed by atoms with Gasteiger partial charge in [0.1, 0.15) is 5.82 Å². The van der Waals surface area contributed by atoms with Gasteiger partial charge >= 0.3 is 6.18 Å². The Bertz CT molecular complexity index is 615. The van der Waals surface area contributed by atoms with E-state index in [1.54, 1.807) is 0 Å². The molecule has 108 valence electrons. The average molecular weight is 282 g/mol. The van der Waals surface area contributed by atoms with Crippen molar-refractivity contribution in [2.24, 2.45) is 5.92 Å². The fraction of sp³-hybridized carbons (Fsp3) is 0.533. The summed E-state index contributed by atoms with van der Waals surface area (Å²) in [5.41, 5.74) is 2.83. The van der Waals surface area contributed by atoms with Crippen molar-refractivity contribution < 1.29 is 13.2 Å². The standard InChI is InChI=1S/C15H17F3N2/c1-9-4-2-7-12-13(9)20-14(19-12)10-5-3-6-11(8-10)15(16,17)18/h2,4,7,10-11H,3,5-6,8H2,1H3,(H,19,20). The number of aromatic nitrogens is 2. The Kier molecular flexibility index (Phi) is 3.22. The van der Waals surface area contributed by atoms with E-state index in [4.69, 9.17) is 0 Å². The molecule has 1 aromatic carbocycles. The normalized spacial score (nSPS) is 24.2. The van der Waals surface area contributed by atoms with Crippen LogP contribution in [0.15, 0.2) is 18.2 Å². The molecule has 1 aliphatic rings. The number of para-hydroxylation sites is 1. The van der Waals surface area contributed by atoms with Crippen LogP contribution in [0.1, 0.15) is 43.0 Å². The number of aryl methyl sites for hydroxylation is 1. The van der Waals surface area contributed by atoms with Crippen molar-refractivity contribution in [2.75, 3.05) is 0 Å². The van der Waals surface area contributed by atoms with Gasteiger partial charge in [0.15, 0.2) is 0 Å². The van der Waals surface area contributed by atoms with E-state index < -0.39 is 12.1 Å². The van der Waals surface area contributed by atoms with Crippen LogP contribution in [0.25, 0.3) is 11.0 Å². The number of imidazole rings is 1. The van der Waals surface area contributed by atoms with Gasteiger partial charge in [-0.2, -0.15) is 13.2 Å². The molecule has 2 nitrogen and oxygen atoms in total. The van der Waals surface area contributed by atoms with Gasteiger partial charge in [0.05, 0.1) is 17.0 Å². The van der Waals surface area contributed by atoms with Gasteiger partial charge in [-0.15, -0.1) is 0 Å². The smallest absolute Gasteiger partial charge is 0.342 e. The molecule has 0 bridgehead atoms. The highest BCUT2D eigenvalue weighted by atomic mass is 19.4. The van der Waals surface area contributed by atoms with Crippen LogP contribution in [0.2, 0.25) is 0 Å². The lowest BCUT2D eigenvalue weighted by Gasteiger charge is -2.29. The molecule has 3 rings (SSSR count). The molecule has 1 aromatic heterocycles. The fourth-order valence-electron chi connectivity index (χ4n) is 3.12. The van der Waals surface area contributed by atoms with Gasteiger partial charge in [0.25, 0.3) is 0 Å². The quantitative estimate of drug-likeness (QED) is 0.806. The number of fused-ring (bicyclic) bond motifs is 1. The van der Waals surface area contributed by atoms with Crippen LogP contribution in [-0.2, 0) is 0 Å². The third kappa shape index (κ3) is 2.41. The molecule has 1 aliphatic carbocycles. The minimum atomic E-state index is -4.08. The molecule has 0 aliphatic heterocycles. The van der Waals surface area contributed by atoms with Crippen LogP contribution >= 0.6 is 0 Å². The van der Waals surface area contributed by atoms with Crippen LogP contribution in [-0.4, -0.2) is 16.1 Å². The Hall–Kier alpha value is -1.52. The number of benzene rings is 1. The van der Waals surface area contributed by atoms with E-state index in [0.717, 1.165) is 23.0 Å². The van der Waals surface area contributed by atoms with Crippen molar-refractivity contribution in [1.82, 2.24) is 9.97 Å². The summed E-state index contributed by atoms with van der Waals surface area (Å²) in [7, 11) is 0. The number of halogens is 3. The number of aromatic amines is 1. The van der Waals surface area contributed by atoms with Gasteiger partial charge in [-0.3, -0.25) is 0 Å². The van der Waals surface area contributed by atoms with Crippen molar-refractivity contribution >= 4 is 11.0 Å². The SMILES string of the molecule is Cc1cccc2[nH]c(C3CCCC(C(F)(F)F)C3)nc12. The lowest BCUT2D eigenvalue weighted by Crippen LogP contribution is -2.28. The number of rotatable bonds is 1. The van der Waals surface area contributed by atoms with Crippen LogP contribution in [0.5, 0.6) is 0 Å². The zero-order valence-electron chi connectivity index (χ0n) is 11.3. The number of alkyl halides is 3. The lowest BCUT2D eigenvalue weighted by atomic mass is 9.80. The molecule has 0 radical (unpaired) electrons. The molecule has 20 heavy (non-hydrogen) atoms. The van der Waals surface area contributed by atoms with E-state index in [1.807, 2.05) is 25.1 Å². The van der Waals surface area contributed by atoms with Crippen molar-refractivity contribution in [2.45, 2.75) is 44.7 Å². The predicted molar refractivity (Wildman–Crippen MR) is 71.6 cm³/mol. The minimum Gasteiger partial charge on any atom is -0.342 e. The highest BCUT2D eigenvalue weighted by Crippen LogP contribution is 2.43. The van der Waals surface area contributed by atoms with Gasteiger partial charge in [0, 0.05) is 5.92 Å². The number of hydrogen-bond donors (Lipinski definition) is 1. The van der Waals surface area contributed by atoms with Crippen molar-refractivity contribution in [3.8, 4) is 0 Å². The van der Waals surface area contributed by atoms with Gasteiger partial charge in [0.2, 0.25) is 0 Å². The Morgan fingerprint density at radius 3 is 2.75 bits per heavy atom. The fourth-order valence-corrected chi connectivity index (χ4v) is 3.12. The number of nitrogens with one attached hydrogen (secondary N) is 1. The van der Waals surface area contributed by atoms with Crippen LogP contribution in [0, 0.1) is 12.8 Å². The molecule has 1 fully saturated rings. The topological polar surface area (TPSA) is 28.7 Å². The number of hydrogen-bond acceptors (Lipinski definition) is 1. The summed E-state index contributed by atoms with van der Waals surface area (Å²) in [4.78, 5) is 7.73. The van der Waals surface area contributed by atoms with E-state index in [9.17, 15) is 13.2 Å². The van der Waals surface area contributed by atoms with Gasteiger partial charge in [-0.1, -0.05) is 18.6 Å². The lowest BCUT2D eigenvalue weighted by molar-refractivity contribution is -0.183. The highest BCUT2D eigenvalue weighted by Gasteiger charge is 2.42. The molecule has 1 heterocycles. The first-order chi connectivity index (χ1) is 9.45. The third-order valence-corrected chi connectivity index (χ3v) is 4.26.